The Morgan fingerprint density at radius 3 is 3.00 bits per heavy atom. The Balaban J connectivity index is 2.17. The van der Waals surface area contributed by atoms with Crippen LogP contribution in [0.1, 0.15) is 31.5 Å². The van der Waals surface area contributed by atoms with Crippen LogP contribution in [0.4, 0.5) is 5.69 Å². The zero-order valence-corrected chi connectivity index (χ0v) is 13.1. The Morgan fingerprint density at radius 2 is 2.21 bits per heavy atom. The fourth-order valence-electron chi connectivity index (χ4n) is 2.31. The second kappa shape index (κ2) is 7.15. The molecule has 0 amide bonds. The summed E-state index contributed by atoms with van der Waals surface area (Å²) in [5, 5.41) is 3.50. The third kappa shape index (κ3) is 4.39. The monoisotopic (exact) mass is 279 g/mol. The molecule has 0 radical (unpaired) electrons. The number of anilines is 1. The molecule has 0 aliphatic carbocycles. The second-order valence-electron chi connectivity index (χ2n) is 5.44. The van der Waals surface area contributed by atoms with E-state index in [1.807, 2.05) is 6.20 Å². The summed E-state index contributed by atoms with van der Waals surface area (Å²) >= 11 is 2.07. The van der Waals surface area contributed by atoms with Gasteiger partial charge in [-0.3, -0.25) is 4.98 Å². The first-order valence-corrected chi connectivity index (χ1v) is 8.34. The number of hydrogen-bond donors (Lipinski definition) is 1. The Kier molecular flexibility index (Phi) is 5.52. The van der Waals surface area contributed by atoms with Gasteiger partial charge in [0, 0.05) is 54.6 Å². The van der Waals surface area contributed by atoms with E-state index in [1.165, 1.54) is 35.7 Å². The molecular weight excluding hydrogens is 254 g/mol. The lowest BCUT2D eigenvalue weighted by Gasteiger charge is -2.26. The van der Waals surface area contributed by atoms with E-state index in [0.717, 1.165) is 18.8 Å². The molecule has 0 atom stereocenters. The fourth-order valence-corrected chi connectivity index (χ4v) is 3.19. The highest BCUT2D eigenvalue weighted by Crippen LogP contribution is 2.24. The van der Waals surface area contributed by atoms with Gasteiger partial charge >= 0.3 is 0 Å². The maximum Gasteiger partial charge on any atom is 0.0445 e. The van der Waals surface area contributed by atoms with Gasteiger partial charge in [0.05, 0.1) is 0 Å². The number of nitrogens with one attached hydrogen (secondary N) is 1. The average molecular weight is 279 g/mol. The molecule has 106 valence electrons. The molecule has 0 spiro atoms. The minimum Gasteiger partial charge on any atom is -0.370 e. The van der Waals surface area contributed by atoms with Gasteiger partial charge < -0.3 is 10.2 Å². The quantitative estimate of drug-likeness (QED) is 0.917. The minimum atomic E-state index is 0.508. The van der Waals surface area contributed by atoms with Gasteiger partial charge in [-0.25, -0.2) is 0 Å². The molecule has 19 heavy (non-hydrogen) atoms. The maximum atomic E-state index is 4.46. The van der Waals surface area contributed by atoms with Crippen LogP contribution in [0.5, 0.6) is 0 Å². The van der Waals surface area contributed by atoms with Crippen LogP contribution in [0.3, 0.4) is 0 Å². The topological polar surface area (TPSA) is 28.2 Å². The van der Waals surface area contributed by atoms with Gasteiger partial charge in [-0.15, -0.1) is 0 Å². The van der Waals surface area contributed by atoms with Crippen LogP contribution >= 0.6 is 11.8 Å². The summed E-state index contributed by atoms with van der Waals surface area (Å²) in [6.45, 7) is 9.68. The summed E-state index contributed by atoms with van der Waals surface area (Å²) in [5.41, 5.74) is 3.81. The first-order chi connectivity index (χ1) is 9.16. The van der Waals surface area contributed by atoms with E-state index in [4.69, 9.17) is 0 Å². The van der Waals surface area contributed by atoms with E-state index in [9.17, 15) is 0 Å². The lowest BCUT2D eigenvalue weighted by molar-refractivity contribution is 0.586. The Bertz CT molecular complexity index is 398. The number of aryl methyl sites for hydroxylation is 1. The lowest BCUT2D eigenvalue weighted by atomic mass is 10.1. The number of pyridine rings is 1. The van der Waals surface area contributed by atoms with E-state index < -0.39 is 0 Å². The van der Waals surface area contributed by atoms with Crippen LogP contribution in [0.15, 0.2) is 12.3 Å². The van der Waals surface area contributed by atoms with E-state index >= 15 is 0 Å². The molecular formula is C15H25N3S. The van der Waals surface area contributed by atoms with E-state index in [-0.39, 0.29) is 0 Å². The molecule has 0 bridgehead atoms. The van der Waals surface area contributed by atoms with Crippen molar-refractivity contribution in [1.82, 2.24) is 10.3 Å². The van der Waals surface area contributed by atoms with Crippen molar-refractivity contribution < 1.29 is 0 Å². The number of rotatable bonds is 4. The van der Waals surface area contributed by atoms with Crippen molar-refractivity contribution >= 4 is 17.4 Å². The van der Waals surface area contributed by atoms with Gasteiger partial charge in [-0.2, -0.15) is 11.8 Å². The Hall–Kier alpha value is -0.740. The molecule has 1 aromatic heterocycles. The highest BCUT2D eigenvalue weighted by molar-refractivity contribution is 7.99. The predicted molar refractivity (Wildman–Crippen MR) is 85.1 cm³/mol. The largest absolute Gasteiger partial charge is 0.370 e. The Morgan fingerprint density at radius 1 is 1.37 bits per heavy atom. The highest BCUT2D eigenvalue weighted by Gasteiger charge is 2.14. The number of aromatic nitrogens is 1. The minimum absolute atomic E-state index is 0.508. The summed E-state index contributed by atoms with van der Waals surface area (Å²) in [6.07, 6.45) is 3.32. The molecule has 0 unspecified atom stereocenters. The van der Waals surface area contributed by atoms with Crippen molar-refractivity contribution in [3.63, 3.8) is 0 Å². The van der Waals surface area contributed by atoms with Crippen LogP contribution in [-0.4, -0.2) is 35.6 Å². The predicted octanol–water partition coefficient (Wildman–Crippen LogP) is 2.83. The molecule has 1 aliphatic heterocycles. The number of thioether (sulfide) groups is 1. The van der Waals surface area contributed by atoms with Crippen molar-refractivity contribution in [3.8, 4) is 0 Å². The highest BCUT2D eigenvalue weighted by atomic mass is 32.2. The third-order valence-corrected chi connectivity index (χ3v) is 4.41. The molecule has 1 saturated heterocycles. The van der Waals surface area contributed by atoms with Crippen LogP contribution in [0.25, 0.3) is 0 Å². The van der Waals surface area contributed by atoms with Crippen molar-refractivity contribution in [2.24, 2.45) is 0 Å². The molecule has 0 aromatic carbocycles. The van der Waals surface area contributed by atoms with Crippen LogP contribution in [-0.2, 0) is 6.54 Å². The zero-order valence-electron chi connectivity index (χ0n) is 12.3. The van der Waals surface area contributed by atoms with E-state index in [2.05, 4.69) is 53.8 Å². The van der Waals surface area contributed by atoms with Crippen LogP contribution in [0.2, 0.25) is 0 Å². The smallest absolute Gasteiger partial charge is 0.0445 e. The van der Waals surface area contributed by atoms with E-state index in [1.54, 1.807) is 0 Å². The van der Waals surface area contributed by atoms with Crippen molar-refractivity contribution in [3.05, 3.63) is 23.5 Å². The summed E-state index contributed by atoms with van der Waals surface area (Å²) < 4.78 is 0. The molecule has 2 rings (SSSR count). The van der Waals surface area contributed by atoms with Crippen LogP contribution in [0, 0.1) is 6.92 Å². The average Bonchev–Trinajstić information content (AvgIpc) is 2.65. The van der Waals surface area contributed by atoms with Crippen molar-refractivity contribution in [2.75, 3.05) is 29.5 Å². The summed E-state index contributed by atoms with van der Waals surface area (Å²) in [5.74, 6) is 2.53. The molecule has 0 saturated carbocycles. The standard InChI is InChI=1S/C15H25N3S/c1-12(2)16-10-14-11-17-13(3)9-15(14)18-5-4-7-19-8-6-18/h9,11-12,16H,4-8,10H2,1-3H3. The van der Waals surface area contributed by atoms with E-state index in [0.29, 0.717) is 6.04 Å². The maximum absolute atomic E-state index is 4.46. The summed E-state index contributed by atoms with van der Waals surface area (Å²) in [7, 11) is 0. The second-order valence-corrected chi connectivity index (χ2v) is 6.67. The number of nitrogens with zero attached hydrogens (tertiary/aromatic N) is 2. The van der Waals surface area contributed by atoms with Crippen molar-refractivity contribution in [1.29, 1.82) is 0 Å². The van der Waals surface area contributed by atoms with Gasteiger partial charge in [0.1, 0.15) is 0 Å². The first kappa shape index (κ1) is 14.7. The normalized spacial score (nSPS) is 16.7. The number of hydrogen-bond acceptors (Lipinski definition) is 4. The molecule has 1 aromatic rings. The summed E-state index contributed by atoms with van der Waals surface area (Å²) in [4.78, 5) is 7.00. The van der Waals surface area contributed by atoms with Gasteiger partial charge in [0.15, 0.2) is 0 Å². The SMILES string of the molecule is Cc1cc(N2CCCSCC2)c(CNC(C)C)cn1. The third-order valence-electron chi connectivity index (χ3n) is 3.36. The van der Waals surface area contributed by atoms with Gasteiger partial charge in [-0.05, 0) is 25.2 Å². The first-order valence-electron chi connectivity index (χ1n) is 7.18. The Labute approximate surface area is 121 Å². The summed E-state index contributed by atoms with van der Waals surface area (Å²) in [6, 6.07) is 2.75. The molecule has 1 aliphatic rings. The lowest BCUT2D eigenvalue weighted by Crippen LogP contribution is -2.29. The molecule has 1 N–H and O–H groups in total. The fraction of sp³-hybridized carbons (Fsp3) is 0.667. The van der Waals surface area contributed by atoms with Gasteiger partial charge in [0.2, 0.25) is 0 Å². The molecule has 1 fully saturated rings. The van der Waals surface area contributed by atoms with Crippen LogP contribution < -0.4 is 10.2 Å². The molecule has 4 heteroatoms. The van der Waals surface area contributed by atoms with Gasteiger partial charge in [0.25, 0.3) is 0 Å². The zero-order chi connectivity index (χ0) is 13.7. The van der Waals surface area contributed by atoms with Gasteiger partial charge in [-0.1, -0.05) is 13.8 Å². The molecule has 3 nitrogen and oxygen atoms in total. The molecule has 2 heterocycles. The van der Waals surface area contributed by atoms with Crippen molar-refractivity contribution in [2.45, 2.75) is 39.8 Å².